The Kier molecular flexibility index (Phi) is 7.93. The molecule has 9 nitrogen and oxygen atoms in total. The highest BCUT2D eigenvalue weighted by Crippen LogP contribution is 2.14. The molecule has 0 saturated heterocycles. The number of benzene rings is 1. The number of ether oxygens (including phenoxy) is 2. The van der Waals surface area contributed by atoms with E-state index in [1.165, 1.54) is 10.5 Å². The molecule has 1 amide bonds. The summed E-state index contributed by atoms with van der Waals surface area (Å²) in [5.74, 6) is -1.20. The van der Waals surface area contributed by atoms with Gasteiger partial charge in [0.2, 0.25) is 0 Å². The molecular formula is C28H30N4O5. The molecule has 0 saturated carbocycles. The molecule has 0 fully saturated rings. The van der Waals surface area contributed by atoms with Gasteiger partial charge in [0.05, 0.1) is 18.1 Å². The zero-order chi connectivity index (χ0) is 26.5. The Labute approximate surface area is 214 Å². The molecule has 37 heavy (non-hydrogen) atoms. The first-order chi connectivity index (χ1) is 17.8. The molecule has 0 unspecified atom stereocenters. The second-order valence-electron chi connectivity index (χ2n) is 8.85. The molecule has 4 rings (SSSR count). The number of nitrogens with zero attached hydrogens (tertiary/aromatic N) is 4. The average Bonchev–Trinajstić information content (AvgIpc) is 2.88. The highest BCUT2D eigenvalue weighted by Gasteiger charge is 2.20. The van der Waals surface area contributed by atoms with Crippen molar-refractivity contribution in [2.45, 2.75) is 46.8 Å². The minimum atomic E-state index is -0.676. The maximum absolute atomic E-state index is 13.5. The Hall–Kier alpha value is -4.11. The lowest BCUT2D eigenvalue weighted by atomic mass is 10.2. The second kappa shape index (κ2) is 11.3. The summed E-state index contributed by atoms with van der Waals surface area (Å²) in [5, 5.41) is 0.224. The van der Waals surface area contributed by atoms with Crippen LogP contribution in [-0.2, 0) is 16.0 Å². The molecule has 1 aromatic carbocycles. The van der Waals surface area contributed by atoms with Crippen molar-refractivity contribution in [2.24, 2.45) is 4.99 Å². The first-order valence-corrected chi connectivity index (χ1v) is 12.3. The fraction of sp³-hybridized carbons (Fsp3) is 0.321. The van der Waals surface area contributed by atoms with E-state index in [4.69, 9.17) is 14.5 Å². The van der Waals surface area contributed by atoms with Crippen LogP contribution in [0.5, 0.6) is 0 Å². The van der Waals surface area contributed by atoms with Crippen LogP contribution in [0.1, 0.15) is 53.5 Å². The molecule has 0 spiro atoms. The van der Waals surface area contributed by atoms with Gasteiger partial charge in [0.1, 0.15) is 16.9 Å². The molecule has 0 N–H and O–H groups in total. The van der Waals surface area contributed by atoms with Gasteiger partial charge in [0, 0.05) is 24.9 Å². The van der Waals surface area contributed by atoms with E-state index in [9.17, 15) is 14.4 Å². The molecule has 0 aliphatic heterocycles. The first kappa shape index (κ1) is 26.0. The summed E-state index contributed by atoms with van der Waals surface area (Å²) < 4.78 is 14.1. The molecule has 0 aliphatic carbocycles. The molecule has 0 radical (unpaired) electrons. The first-order valence-electron chi connectivity index (χ1n) is 12.3. The Bertz CT molecular complexity index is 1590. The molecule has 4 aromatic rings. The maximum Gasteiger partial charge on any atom is 0.341 e. The predicted octanol–water partition coefficient (Wildman–Crippen LogP) is 3.69. The fourth-order valence-corrected chi connectivity index (χ4v) is 4.06. The highest BCUT2D eigenvalue weighted by molar-refractivity contribution is 5.97. The van der Waals surface area contributed by atoms with Crippen molar-refractivity contribution in [3.05, 3.63) is 87.3 Å². The van der Waals surface area contributed by atoms with E-state index in [0.29, 0.717) is 36.4 Å². The number of pyridine rings is 2. The van der Waals surface area contributed by atoms with Crippen LogP contribution in [0, 0.1) is 6.92 Å². The molecule has 9 heteroatoms. The van der Waals surface area contributed by atoms with Gasteiger partial charge in [-0.25, -0.2) is 9.78 Å². The molecule has 3 heterocycles. The van der Waals surface area contributed by atoms with Gasteiger partial charge in [-0.1, -0.05) is 24.3 Å². The summed E-state index contributed by atoms with van der Waals surface area (Å²) in [6.07, 6.45) is 2.23. The Morgan fingerprint density at radius 2 is 1.84 bits per heavy atom. The number of aromatic nitrogens is 3. The van der Waals surface area contributed by atoms with Crippen LogP contribution in [-0.4, -0.2) is 45.1 Å². The van der Waals surface area contributed by atoms with Crippen molar-refractivity contribution >= 4 is 28.6 Å². The standard InChI is InChI=1S/C28H30N4O5/c1-5-36-28(35)22-17-21-24(29-23-19(4)11-9-14-32(23)27(21)34)31(15-10-16-37-18(2)3)25(22)30-26(33)20-12-7-6-8-13-20/h6-9,11-14,17-18H,5,10,15-16H2,1-4H3. The van der Waals surface area contributed by atoms with E-state index in [-0.39, 0.29) is 34.7 Å². The van der Waals surface area contributed by atoms with Crippen LogP contribution < -0.4 is 11.0 Å². The lowest BCUT2D eigenvalue weighted by Crippen LogP contribution is -2.33. The fourth-order valence-electron chi connectivity index (χ4n) is 4.06. The van der Waals surface area contributed by atoms with E-state index in [0.717, 1.165) is 5.56 Å². The lowest BCUT2D eigenvalue weighted by molar-refractivity contribution is 0.0523. The summed E-state index contributed by atoms with van der Waals surface area (Å²) in [4.78, 5) is 48.9. The number of carbonyl (C=O) groups is 2. The number of hydrogen-bond donors (Lipinski definition) is 0. The third-order valence-corrected chi connectivity index (χ3v) is 5.81. The van der Waals surface area contributed by atoms with Gasteiger partial charge in [0.15, 0.2) is 5.49 Å². The number of aryl methyl sites for hydroxylation is 2. The number of amides is 1. The van der Waals surface area contributed by atoms with Gasteiger partial charge in [-0.2, -0.15) is 4.99 Å². The van der Waals surface area contributed by atoms with Gasteiger partial charge in [-0.05, 0) is 63.9 Å². The number of hydrogen-bond acceptors (Lipinski definition) is 6. The van der Waals surface area contributed by atoms with Crippen LogP contribution in [0.15, 0.2) is 64.5 Å². The molecular weight excluding hydrogens is 472 g/mol. The lowest BCUT2D eigenvalue weighted by Gasteiger charge is -2.16. The molecule has 0 aliphatic rings. The summed E-state index contributed by atoms with van der Waals surface area (Å²) in [6, 6.07) is 13.6. The van der Waals surface area contributed by atoms with E-state index >= 15 is 0 Å². The number of esters is 1. The van der Waals surface area contributed by atoms with Crippen molar-refractivity contribution in [3.8, 4) is 0 Å². The summed E-state index contributed by atoms with van der Waals surface area (Å²) in [6.45, 7) is 8.32. The minimum absolute atomic E-state index is 0.0231. The van der Waals surface area contributed by atoms with Crippen molar-refractivity contribution < 1.29 is 19.1 Å². The van der Waals surface area contributed by atoms with Crippen molar-refractivity contribution in [1.29, 1.82) is 0 Å². The summed E-state index contributed by atoms with van der Waals surface area (Å²) >= 11 is 0. The quantitative estimate of drug-likeness (QED) is 0.207. The third-order valence-electron chi connectivity index (χ3n) is 5.81. The van der Waals surface area contributed by atoms with Gasteiger partial charge < -0.3 is 14.0 Å². The average molecular weight is 503 g/mol. The normalized spacial score (nSPS) is 12.0. The van der Waals surface area contributed by atoms with E-state index in [1.54, 1.807) is 54.1 Å². The second-order valence-corrected chi connectivity index (χ2v) is 8.85. The molecule has 0 atom stereocenters. The van der Waals surface area contributed by atoms with Crippen molar-refractivity contribution in [3.63, 3.8) is 0 Å². The summed E-state index contributed by atoms with van der Waals surface area (Å²) in [7, 11) is 0. The van der Waals surface area contributed by atoms with E-state index in [2.05, 4.69) is 4.99 Å². The van der Waals surface area contributed by atoms with Gasteiger partial charge >= 0.3 is 5.97 Å². The van der Waals surface area contributed by atoms with Crippen molar-refractivity contribution in [2.75, 3.05) is 13.2 Å². The predicted molar refractivity (Wildman–Crippen MR) is 140 cm³/mol. The van der Waals surface area contributed by atoms with Crippen LogP contribution in [0.25, 0.3) is 16.7 Å². The number of rotatable bonds is 8. The SMILES string of the molecule is CCOC(=O)c1cc2c(=O)n3cccc(C)c3nc2n(CCCOC(C)C)c1=NC(=O)c1ccccc1. The Balaban J connectivity index is 2.06. The smallest absolute Gasteiger partial charge is 0.341 e. The van der Waals surface area contributed by atoms with E-state index < -0.39 is 11.9 Å². The maximum atomic E-state index is 13.5. The van der Waals surface area contributed by atoms with Crippen LogP contribution in [0.4, 0.5) is 0 Å². The molecule has 192 valence electrons. The van der Waals surface area contributed by atoms with Crippen LogP contribution in [0.2, 0.25) is 0 Å². The molecule has 3 aromatic heterocycles. The Morgan fingerprint density at radius 3 is 2.54 bits per heavy atom. The topological polar surface area (TPSA) is 104 Å². The third kappa shape index (κ3) is 5.51. The van der Waals surface area contributed by atoms with Crippen molar-refractivity contribution in [1.82, 2.24) is 14.0 Å². The summed E-state index contributed by atoms with van der Waals surface area (Å²) in [5.41, 5.74) is 1.78. The van der Waals surface area contributed by atoms with Gasteiger partial charge in [0.25, 0.3) is 11.5 Å². The Morgan fingerprint density at radius 1 is 1.08 bits per heavy atom. The monoisotopic (exact) mass is 502 g/mol. The highest BCUT2D eigenvalue weighted by atomic mass is 16.5. The van der Waals surface area contributed by atoms with E-state index in [1.807, 2.05) is 26.8 Å². The van der Waals surface area contributed by atoms with Gasteiger partial charge in [-0.3, -0.25) is 14.0 Å². The zero-order valence-corrected chi connectivity index (χ0v) is 21.4. The minimum Gasteiger partial charge on any atom is -0.462 e. The largest absolute Gasteiger partial charge is 0.462 e. The zero-order valence-electron chi connectivity index (χ0n) is 21.4. The molecule has 0 bridgehead atoms. The van der Waals surface area contributed by atoms with Gasteiger partial charge in [-0.15, -0.1) is 0 Å². The van der Waals surface area contributed by atoms with Crippen LogP contribution >= 0.6 is 0 Å². The number of carbonyl (C=O) groups excluding carboxylic acids is 2. The number of fused-ring (bicyclic) bond motifs is 2. The van der Waals surface area contributed by atoms with Crippen LogP contribution in [0.3, 0.4) is 0 Å².